The number of benzene rings is 2. The van der Waals surface area contributed by atoms with Gasteiger partial charge in [0.05, 0.1) is 24.1 Å². The molecule has 0 radical (unpaired) electrons. The van der Waals surface area contributed by atoms with Gasteiger partial charge >= 0.3 is 0 Å². The molecule has 1 saturated heterocycles. The summed E-state index contributed by atoms with van der Waals surface area (Å²) < 4.78 is 7.35. The summed E-state index contributed by atoms with van der Waals surface area (Å²) in [6.45, 7) is 4.16. The number of aryl methyl sites for hydroxylation is 1. The maximum Gasteiger partial charge on any atom is 0.255 e. The van der Waals surface area contributed by atoms with Gasteiger partial charge in [-0.25, -0.2) is 14.6 Å². The number of nitrogens with zero attached hydrogens (tertiary/aromatic N) is 4. The fraction of sp³-hybridized carbons (Fsp3) is 0.308. The molecule has 1 fully saturated rings. The van der Waals surface area contributed by atoms with Crippen LogP contribution in [0.5, 0.6) is 5.75 Å². The van der Waals surface area contributed by atoms with Crippen molar-refractivity contribution in [3.63, 3.8) is 0 Å². The lowest BCUT2D eigenvalue weighted by Crippen LogP contribution is -2.32. The van der Waals surface area contributed by atoms with Gasteiger partial charge in [-0.2, -0.15) is 5.10 Å². The highest BCUT2D eigenvalue weighted by molar-refractivity contribution is 5.99. The minimum Gasteiger partial charge on any atom is -0.496 e. The highest BCUT2D eigenvalue weighted by Crippen LogP contribution is 2.33. The smallest absolute Gasteiger partial charge is 0.255 e. The van der Waals surface area contributed by atoms with Crippen molar-refractivity contribution < 1.29 is 9.53 Å². The topological polar surface area (TPSA) is 120 Å². The molecule has 1 atom stereocenters. The van der Waals surface area contributed by atoms with Crippen molar-refractivity contribution in [3.05, 3.63) is 65.5 Å². The summed E-state index contributed by atoms with van der Waals surface area (Å²) in [4.78, 5) is 21.5. The number of aromatic nitrogens is 4. The Morgan fingerprint density at radius 2 is 2.06 bits per heavy atom. The van der Waals surface area contributed by atoms with Crippen molar-refractivity contribution in [1.82, 2.24) is 30.4 Å². The van der Waals surface area contributed by atoms with Crippen LogP contribution in [0.3, 0.4) is 0 Å². The highest BCUT2D eigenvalue weighted by Gasteiger charge is 2.23. The average Bonchev–Trinajstić information content (AvgIpc) is 3.29. The van der Waals surface area contributed by atoms with Crippen molar-refractivity contribution in [2.75, 3.05) is 25.9 Å². The van der Waals surface area contributed by atoms with Gasteiger partial charge in [-0.15, -0.1) is 0 Å². The Hall–Kier alpha value is -3.98. The van der Waals surface area contributed by atoms with Gasteiger partial charge in [0.25, 0.3) is 5.91 Å². The fourth-order valence-corrected chi connectivity index (χ4v) is 4.65. The predicted octanol–water partition coefficient (Wildman–Crippen LogP) is 3.25. The standard InChI is InChI=1S/C26H29N7O2/c1-16-5-3-7-20(35-2)21(16)26(34)29-13-17-8-10-18(11-9-17)23-22-24(27)30-15-31-25(22)33(32-23)19-6-4-12-28-14-19/h3,5,7-11,15,19,28H,4,6,12-14H2,1-2H3,(H,29,34)(H2,27,30,31)/t19-/m1/s1. The molecule has 1 aliphatic heterocycles. The number of nitrogen functional groups attached to an aromatic ring is 1. The molecule has 4 N–H and O–H groups in total. The monoisotopic (exact) mass is 471 g/mol. The molecule has 5 rings (SSSR count). The van der Waals surface area contributed by atoms with Gasteiger partial charge in [-0.05, 0) is 43.5 Å². The molecule has 9 nitrogen and oxygen atoms in total. The number of methoxy groups -OCH3 is 1. The van der Waals surface area contributed by atoms with Crippen LogP contribution in [0.4, 0.5) is 5.82 Å². The fourth-order valence-electron chi connectivity index (χ4n) is 4.65. The zero-order valence-electron chi connectivity index (χ0n) is 19.9. The van der Waals surface area contributed by atoms with E-state index < -0.39 is 0 Å². The summed E-state index contributed by atoms with van der Waals surface area (Å²) in [6.07, 6.45) is 3.62. The van der Waals surface area contributed by atoms with Crippen molar-refractivity contribution in [2.45, 2.75) is 32.4 Å². The first-order valence-electron chi connectivity index (χ1n) is 11.8. The molecule has 0 bridgehead atoms. The number of hydrogen-bond acceptors (Lipinski definition) is 7. The third-order valence-electron chi connectivity index (χ3n) is 6.50. The molecule has 0 aliphatic carbocycles. The third-order valence-corrected chi connectivity index (χ3v) is 6.50. The predicted molar refractivity (Wildman–Crippen MR) is 135 cm³/mol. The molecule has 4 aromatic rings. The third kappa shape index (κ3) is 4.42. The number of nitrogens with two attached hydrogens (primary N) is 1. The number of nitrogens with one attached hydrogen (secondary N) is 2. The maximum absolute atomic E-state index is 12.8. The SMILES string of the molecule is COc1cccc(C)c1C(=O)NCc1ccc(-c2nn([C@@H]3CCCNC3)c3ncnc(N)c23)cc1. The molecule has 3 heterocycles. The molecule has 2 aromatic heterocycles. The molecule has 9 heteroatoms. The number of amides is 1. The van der Waals surface area contributed by atoms with E-state index in [1.54, 1.807) is 13.2 Å². The van der Waals surface area contributed by atoms with E-state index in [4.69, 9.17) is 15.6 Å². The summed E-state index contributed by atoms with van der Waals surface area (Å²) in [6, 6.07) is 13.7. The molecular weight excluding hydrogens is 442 g/mol. The number of anilines is 1. The number of rotatable bonds is 6. The van der Waals surface area contributed by atoms with Crippen LogP contribution >= 0.6 is 0 Å². The van der Waals surface area contributed by atoms with Gasteiger partial charge in [0, 0.05) is 18.7 Å². The molecular formula is C26H29N7O2. The van der Waals surface area contributed by atoms with Gasteiger partial charge in [-0.1, -0.05) is 36.4 Å². The van der Waals surface area contributed by atoms with Gasteiger partial charge in [-0.3, -0.25) is 4.79 Å². The van der Waals surface area contributed by atoms with E-state index in [-0.39, 0.29) is 11.9 Å². The first-order valence-corrected chi connectivity index (χ1v) is 11.8. The zero-order valence-corrected chi connectivity index (χ0v) is 19.9. The minimum atomic E-state index is -0.167. The van der Waals surface area contributed by atoms with Crippen molar-refractivity contribution in [1.29, 1.82) is 0 Å². The van der Waals surface area contributed by atoms with Crippen LogP contribution in [0.25, 0.3) is 22.3 Å². The first-order chi connectivity index (χ1) is 17.1. The Labute approximate surface area is 203 Å². The average molecular weight is 472 g/mol. The number of carbonyl (C=O) groups is 1. The molecule has 180 valence electrons. The normalized spacial score (nSPS) is 15.8. The summed E-state index contributed by atoms with van der Waals surface area (Å²) >= 11 is 0. The van der Waals surface area contributed by atoms with Gasteiger partial charge in [0.15, 0.2) is 5.65 Å². The van der Waals surface area contributed by atoms with Crippen LogP contribution in [0, 0.1) is 6.92 Å². The van der Waals surface area contributed by atoms with Crippen LogP contribution in [0.1, 0.15) is 40.4 Å². The Bertz CT molecular complexity index is 1360. The molecule has 1 aliphatic rings. The Morgan fingerprint density at radius 1 is 1.23 bits per heavy atom. The van der Waals surface area contributed by atoms with Crippen molar-refractivity contribution in [2.24, 2.45) is 0 Å². The highest BCUT2D eigenvalue weighted by atomic mass is 16.5. The first kappa shape index (κ1) is 22.8. The molecule has 0 spiro atoms. The number of hydrogen-bond donors (Lipinski definition) is 3. The second-order valence-electron chi connectivity index (χ2n) is 8.78. The summed E-state index contributed by atoms with van der Waals surface area (Å²) in [7, 11) is 1.57. The van der Waals surface area contributed by atoms with E-state index >= 15 is 0 Å². The molecule has 1 amide bonds. The van der Waals surface area contributed by atoms with Gasteiger partial charge in [0.1, 0.15) is 23.6 Å². The van der Waals surface area contributed by atoms with E-state index in [0.29, 0.717) is 23.7 Å². The van der Waals surface area contributed by atoms with Gasteiger partial charge < -0.3 is 21.1 Å². The Kier molecular flexibility index (Phi) is 6.33. The molecule has 0 unspecified atom stereocenters. The van der Waals surface area contributed by atoms with E-state index in [2.05, 4.69) is 20.6 Å². The lowest BCUT2D eigenvalue weighted by Gasteiger charge is -2.23. The number of ether oxygens (including phenoxy) is 1. The second-order valence-corrected chi connectivity index (χ2v) is 8.78. The van der Waals surface area contributed by atoms with Crippen LogP contribution < -0.4 is 21.1 Å². The van der Waals surface area contributed by atoms with E-state index in [1.807, 2.05) is 48.0 Å². The summed E-state index contributed by atoms with van der Waals surface area (Å²) in [5.41, 5.74) is 11.1. The van der Waals surface area contributed by atoms with E-state index in [9.17, 15) is 4.79 Å². The van der Waals surface area contributed by atoms with Crippen LogP contribution in [-0.4, -0.2) is 45.9 Å². The Balaban J connectivity index is 1.38. The zero-order chi connectivity index (χ0) is 24.4. The molecule has 0 saturated carbocycles. The molecule has 35 heavy (non-hydrogen) atoms. The lowest BCUT2D eigenvalue weighted by molar-refractivity contribution is 0.0947. The van der Waals surface area contributed by atoms with Crippen molar-refractivity contribution in [3.8, 4) is 17.0 Å². The number of carbonyl (C=O) groups excluding carboxylic acids is 1. The Morgan fingerprint density at radius 3 is 2.80 bits per heavy atom. The maximum atomic E-state index is 12.8. The van der Waals surface area contributed by atoms with Crippen molar-refractivity contribution >= 4 is 22.8 Å². The summed E-state index contributed by atoms with van der Waals surface area (Å²) in [5.74, 6) is 0.816. The van der Waals surface area contributed by atoms with E-state index in [0.717, 1.165) is 59.3 Å². The van der Waals surface area contributed by atoms with Crippen LogP contribution in [0.15, 0.2) is 48.8 Å². The minimum absolute atomic E-state index is 0.167. The number of fused-ring (bicyclic) bond motifs is 1. The molecule has 2 aromatic carbocycles. The van der Waals surface area contributed by atoms with Gasteiger partial charge in [0.2, 0.25) is 0 Å². The summed E-state index contributed by atoms with van der Waals surface area (Å²) in [5, 5.41) is 12.1. The largest absolute Gasteiger partial charge is 0.496 e. The lowest BCUT2D eigenvalue weighted by atomic mass is 10.1. The quantitative estimate of drug-likeness (QED) is 0.395. The van der Waals surface area contributed by atoms with Crippen LogP contribution in [-0.2, 0) is 6.54 Å². The second kappa shape index (κ2) is 9.71. The van der Waals surface area contributed by atoms with E-state index in [1.165, 1.54) is 6.33 Å². The number of piperidine rings is 1. The van der Waals surface area contributed by atoms with Crippen LogP contribution in [0.2, 0.25) is 0 Å².